The molecule has 1 aliphatic rings. The molecule has 0 aliphatic heterocycles. The number of hydrogen-bond acceptors (Lipinski definition) is 6. The van der Waals surface area contributed by atoms with Crippen LogP contribution in [-0.2, 0) is 0 Å². The molecule has 6 nitrogen and oxygen atoms in total. The fourth-order valence-corrected chi connectivity index (χ4v) is 6.17. The first kappa shape index (κ1) is 35.5. The number of benzene rings is 2. The lowest BCUT2D eigenvalue weighted by atomic mass is 9.81. The van der Waals surface area contributed by atoms with E-state index in [1.54, 1.807) is 24.3 Å². The maximum absolute atomic E-state index is 14.0. The van der Waals surface area contributed by atoms with Crippen LogP contribution in [0.25, 0.3) is 0 Å². The van der Waals surface area contributed by atoms with Crippen molar-refractivity contribution in [3.05, 3.63) is 46.5 Å². The van der Waals surface area contributed by atoms with E-state index in [0.29, 0.717) is 24.7 Å². The molecule has 0 aromatic heterocycles. The summed E-state index contributed by atoms with van der Waals surface area (Å²) >= 11 is 0. The molecule has 2 aromatic rings. The molecule has 6 heteroatoms. The monoisotopic (exact) mass is 606 g/mol. The summed E-state index contributed by atoms with van der Waals surface area (Å²) in [4.78, 5) is 27.7. The molecule has 44 heavy (non-hydrogen) atoms. The van der Waals surface area contributed by atoms with Crippen molar-refractivity contribution in [2.45, 2.75) is 142 Å². The Labute approximate surface area is 266 Å². The number of carbonyl (C=O) groups is 2. The van der Waals surface area contributed by atoms with E-state index < -0.39 is 0 Å². The number of nitrogens with two attached hydrogens (primary N) is 2. The third-order valence-corrected chi connectivity index (χ3v) is 8.82. The fraction of sp³-hybridized carbons (Fsp3) is 0.632. The number of hydrogen-bond donors (Lipinski definition) is 2. The molecule has 0 saturated heterocycles. The van der Waals surface area contributed by atoms with E-state index in [-0.39, 0.29) is 45.2 Å². The van der Waals surface area contributed by atoms with Gasteiger partial charge in [-0.1, -0.05) is 129 Å². The molecule has 0 saturated carbocycles. The lowest BCUT2D eigenvalue weighted by molar-refractivity contribution is 0.0973. The van der Waals surface area contributed by atoms with E-state index in [4.69, 9.17) is 20.9 Å². The standard InChI is InChI=1S/C38H58N2O4/c1-3-5-7-9-11-13-15-17-19-21-27-43-31-25-23-29(39)33-35(31)38(42)36-32(26-24-30(40)34(36)37(33)41)44-28-22-20-18-16-14-12-10-8-6-4-2/h23-26H,3-22,27-28,39-40H2,1-2H3. The summed E-state index contributed by atoms with van der Waals surface area (Å²) in [6.07, 6.45) is 24.7. The van der Waals surface area contributed by atoms with Crippen LogP contribution < -0.4 is 20.9 Å². The van der Waals surface area contributed by atoms with E-state index in [2.05, 4.69) is 13.8 Å². The van der Waals surface area contributed by atoms with Crippen molar-refractivity contribution < 1.29 is 19.1 Å². The van der Waals surface area contributed by atoms with Gasteiger partial charge in [-0.3, -0.25) is 9.59 Å². The second-order valence-corrected chi connectivity index (χ2v) is 12.5. The number of fused-ring (bicyclic) bond motifs is 2. The number of nitrogen functional groups attached to an aromatic ring is 2. The van der Waals surface area contributed by atoms with Crippen molar-refractivity contribution in [2.75, 3.05) is 24.7 Å². The van der Waals surface area contributed by atoms with Crippen molar-refractivity contribution >= 4 is 22.9 Å². The van der Waals surface area contributed by atoms with Gasteiger partial charge in [0.25, 0.3) is 0 Å². The molecule has 0 bridgehead atoms. The van der Waals surface area contributed by atoms with E-state index >= 15 is 0 Å². The second-order valence-electron chi connectivity index (χ2n) is 12.5. The Bertz CT molecular complexity index is 1090. The molecule has 244 valence electrons. The highest BCUT2D eigenvalue weighted by Gasteiger charge is 2.38. The zero-order chi connectivity index (χ0) is 31.6. The van der Waals surface area contributed by atoms with Gasteiger partial charge in [-0.15, -0.1) is 0 Å². The highest BCUT2D eigenvalue weighted by Crippen LogP contribution is 2.42. The minimum atomic E-state index is -0.349. The fourth-order valence-electron chi connectivity index (χ4n) is 6.17. The Balaban J connectivity index is 1.54. The first-order valence-electron chi connectivity index (χ1n) is 17.7. The van der Waals surface area contributed by atoms with Crippen molar-refractivity contribution in [3.63, 3.8) is 0 Å². The molecular weight excluding hydrogens is 548 g/mol. The molecule has 2 aromatic carbocycles. The minimum Gasteiger partial charge on any atom is -0.493 e. The molecule has 0 fully saturated rings. The summed E-state index contributed by atoms with van der Waals surface area (Å²) in [6, 6.07) is 6.70. The molecule has 0 amide bonds. The van der Waals surface area contributed by atoms with Crippen LogP contribution in [0.2, 0.25) is 0 Å². The first-order valence-corrected chi connectivity index (χ1v) is 17.7. The zero-order valence-corrected chi connectivity index (χ0v) is 27.7. The molecule has 0 atom stereocenters. The predicted molar refractivity (Wildman–Crippen MR) is 183 cm³/mol. The molecule has 0 radical (unpaired) electrons. The Kier molecular flexibility index (Phi) is 16.2. The molecule has 3 rings (SSSR count). The Morgan fingerprint density at radius 1 is 0.432 bits per heavy atom. The average molecular weight is 607 g/mol. The summed E-state index contributed by atoms with van der Waals surface area (Å²) in [5, 5.41) is 0. The molecule has 1 aliphatic carbocycles. The van der Waals surface area contributed by atoms with Crippen LogP contribution in [0, 0.1) is 0 Å². The van der Waals surface area contributed by atoms with E-state index in [0.717, 1.165) is 25.7 Å². The maximum atomic E-state index is 14.0. The van der Waals surface area contributed by atoms with Gasteiger partial charge in [0.15, 0.2) is 5.78 Å². The highest BCUT2D eigenvalue weighted by molar-refractivity contribution is 6.33. The summed E-state index contributed by atoms with van der Waals surface area (Å²) < 4.78 is 12.2. The van der Waals surface area contributed by atoms with Crippen LogP contribution in [0.4, 0.5) is 11.4 Å². The smallest absolute Gasteiger partial charge is 0.202 e. The molecule has 4 N–H and O–H groups in total. The summed E-state index contributed by atoms with van der Waals surface area (Å²) in [6.45, 7) is 5.47. The third kappa shape index (κ3) is 10.6. The van der Waals surface area contributed by atoms with Gasteiger partial charge in [0.1, 0.15) is 11.5 Å². The van der Waals surface area contributed by atoms with Crippen molar-refractivity contribution in [3.8, 4) is 11.5 Å². The average Bonchev–Trinajstić information content (AvgIpc) is 3.02. The van der Waals surface area contributed by atoms with Gasteiger partial charge in [0.05, 0.1) is 35.5 Å². The lowest BCUT2D eigenvalue weighted by Gasteiger charge is -2.24. The van der Waals surface area contributed by atoms with Crippen LogP contribution in [-0.4, -0.2) is 24.8 Å². The summed E-state index contributed by atoms with van der Waals surface area (Å²) in [7, 11) is 0. The number of carbonyl (C=O) groups excluding carboxylic acids is 2. The van der Waals surface area contributed by atoms with Gasteiger partial charge in [0, 0.05) is 11.4 Å². The third-order valence-electron chi connectivity index (χ3n) is 8.82. The summed E-state index contributed by atoms with van der Waals surface area (Å²) in [5.41, 5.74) is 13.8. The van der Waals surface area contributed by atoms with Crippen LogP contribution in [0.3, 0.4) is 0 Å². The Morgan fingerprint density at radius 3 is 1.07 bits per heavy atom. The largest absolute Gasteiger partial charge is 0.493 e. The van der Waals surface area contributed by atoms with E-state index in [1.165, 1.54) is 103 Å². The predicted octanol–water partition coefficient (Wildman–Crippen LogP) is 10.2. The number of ether oxygens (including phenoxy) is 2. The topological polar surface area (TPSA) is 105 Å². The zero-order valence-electron chi connectivity index (χ0n) is 27.7. The Morgan fingerprint density at radius 2 is 0.727 bits per heavy atom. The molecule has 0 spiro atoms. The number of rotatable bonds is 24. The van der Waals surface area contributed by atoms with Gasteiger partial charge in [-0.25, -0.2) is 0 Å². The number of anilines is 2. The minimum absolute atomic E-state index is 0.182. The van der Waals surface area contributed by atoms with Crippen molar-refractivity contribution in [2.24, 2.45) is 0 Å². The van der Waals surface area contributed by atoms with Crippen LogP contribution in [0.5, 0.6) is 11.5 Å². The maximum Gasteiger partial charge on any atom is 0.202 e. The quantitative estimate of drug-likeness (QED) is 0.0776. The number of ketones is 2. The van der Waals surface area contributed by atoms with Gasteiger partial charge in [-0.05, 0) is 37.1 Å². The first-order chi connectivity index (χ1) is 21.5. The highest BCUT2D eigenvalue weighted by atomic mass is 16.5. The SMILES string of the molecule is CCCCCCCCCCCCOc1ccc(N)c2c1C(=O)c1c(OCCCCCCCCCCCC)ccc(N)c1C2=O. The van der Waals surface area contributed by atoms with Crippen molar-refractivity contribution in [1.82, 2.24) is 0 Å². The molecule has 0 heterocycles. The summed E-state index contributed by atoms with van der Waals surface area (Å²) in [5.74, 6) is 0.137. The van der Waals surface area contributed by atoms with E-state index in [1.807, 2.05) is 0 Å². The number of unbranched alkanes of at least 4 members (excludes halogenated alkanes) is 18. The Hall–Kier alpha value is -3.02. The van der Waals surface area contributed by atoms with Gasteiger partial charge >= 0.3 is 0 Å². The van der Waals surface area contributed by atoms with Crippen LogP contribution in [0.1, 0.15) is 174 Å². The van der Waals surface area contributed by atoms with Gasteiger partial charge in [0.2, 0.25) is 5.78 Å². The lowest BCUT2D eigenvalue weighted by Crippen LogP contribution is -2.25. The second kappa shape index (κ2) is 20.1. The normalized spacial score (nSPS) is 12.3. The van der Waals surface area contributed by atoms with Crippen molar-refractivity contribution in [1.29, 1.82) is 0 Å². The van der Waals surface area contributed by atoms with E-state index in [9.17, 15) is 9.59 Å². The molecule has 0 unspecified atom stereocenters. The van der Waals surface area contributed by atoms with Crippen LogP contribution in [0.15, 0.2) is 24.3 Å². The molecular formula is C38H58N2O4. The van der Waals surface area contributed by atoms with Gasteiger partial charge < -0.3 is 20.9 Å². The van der Waals surface area contributed by atoms with Crippen LogP contribution >= 0.6 is 0 Å². The van der Waals surface area contributed by atoms with Gasteiger partial charge in [-0.2, -0.15) is 0 Å².